The Labute approximate surface area is 118 Å². The number of aliphatic hydroxyl groups excluding tert-OH is 1. The van der Waals surface area contributed by atoms with Crippen LogP contribution in [-0.4, -0.2) is 39.6 Å². The number of H-pyrrole nitrogens is 1. The molecule has 1 amide bonds. The molecule has 2 atom stereocenters. The van der Waals surface area contributed by atoms with Crippen molar-refractivity contribution in [1.82, 2.24) is 9.88 Å². The molecule has 1 fully saturated rings. The molecule has 2 rings (SSSR count). The van der Waals surface area contributed by atoms with Gasteiger partial charge in [-0.2, -0.15) is 0 Å². The number of nitrogens with zero attached hydrogens (tertiary/aromatic N) is 1. The van der Waals surface area contributed by atoms with Crippen LogP contribution >= 0.6 is 0 Å². The summed E-state index contributed by atoms with van der Waals surface area (Å²) in [6.07, 6.45) is 5.75. The van der Waals surface area contributed by atoms with E-state index in [2.05, 4.69) is 4.98 Å². The van der Waals surface area contributed by atoms with Crippen LogP contribution in [0.25, 0.3) is 0 Å². The molecule has 0 bridgehead atoms. The standard InChI is InChI=1S/C15H22N2O3/c1-11(18)9-13-5-3-2-4-8-17(13)15(20)12-6-7-16-14(19)10-12/h6-7,10-11,13,18H,2-5,8-9H2,1H3,(H,16,19). The van der Waals surface area contributed by atoms with Crippen LogP contribution in [0.5, 0.6) is 0 Å². The van der Waals surface area contributed by atoms with Crippen LogP contribution in [0.2, 0.25) is 0 Å². The quantitative estimate of drug-likeness (QED) is 0.880. The number of hydrogen-bond donors (Lipinski definition) is 2. The second-order valence-corrected chi connectivity index (χ2v) is 5.53. The smallest absolute Gasteiger partial charge is 0.254 e. The lowest BCUT2D eigenvalue weighted by Gasteiger charge is -2.31. The first kappa shape index (κ1) is 14.8. The first-order valence-electron chi connectivity index (χ1n) is 7.25. The molecule has 2 heterocycles. The van der Waals surface area contributed by atoms with Crippen molar-refractivity contribution < 1.29 is 9.90 Å². The monoisotopic (exact) mass is 278 g/mol. The summed E-state index contributed by atoms with van der Waals surface area (Å²) >= 11 is 0. The summed E-state index contributed by atoms with van der Waals surface area (Å²) in [5.74, 6) is -0.108. The zero-order valence-electron chi connectivity index (χ0n) is 11.8. The van der Waals surface area contributed by atoms with Crippen molar-refractivity contribution >= 4 is 5.91 Å². The lowest BCUT2D eigenvalue weighted by molar-refractivity contribution is 0.0607. The topological polar surface area (TPSA) is 73.4 Å². The zero-order chi connectivity index (χ0) is 14.5. The molecular formula is C15H22N2O3. The lowest BCUT2D eigenvalue weighted by Crippen LogP contribution is -2.41. The van der Waals surface area contributed by atoms with Crippen molar-refractivity contribution in [3.8, 4) is 0 Å². The fraction of sp³-hybridized carbons (Fsp3) is 0.600. The number of aromatic amines is 1. The second-order valence-electron chi connectivity index (χ2n) is 5.53. The molecule has 1 aromatic rings. The highest BCUT2D eigenvalue weighted by Crippen LogP contribution is 2.22. The second kappa shape index (κ2) is 6.70. The molecule has 0 radical (unpaired) electrons. The Morgan fingerprint density at radius 3 is 3.00 bits per heavy atom. The van der Waals surface area contributed by atoms with E-state index in [-0.39, 0.29) is 17.5 Å². The van der Waals surface area contributed by atoms with Crippen LogP contribution in [-0.2, 0) is 0 Å². The zero-order valence-corrected chi connectivity index (χ0v) is 11.8. The molecule has 2 unspecified atom stereocenters. The normalized spacial score (nSPS) is 21.3. The minimum Gasteiger partial charge on any atom is -0.393 e. The molecule has 1 saturated heterocycles. The Morgan fingerprint density at radius 1 is 1.50 bits per heavy atom. The molecule has 110 valence electrons. The first-order valence-corrected chi connectivity index (χ1v) is 7.25. The maximum atomic E-state index is 12.6. The third-order valence-corrected chi connectivity index (χ3v) is 3.77. The molecule has 0 aliphatic carbocycles. The predicted molar refractivity (Wildman–Crippen MR) is 76.7 cm³/mol. The summed E-state index contributed by atoms with van der Waals surface area (Å²) in [5.41, 5.74) is 0.156. The molecule has 1 aliphatic heterocycles. The summed E-state index contributed by atoms with van der Waals surface area (Å²) in [6, 6.07) is 3.03. The Bertz CT molecular complexity index is 510. The number of likely N-dealkylation sites (tertiary alicyclic amines) is 1. The van der Waals surface area contributed by atoms with E-state index in [9.17, 15) is 14.7 Å². The molecule has 2 N–H and O–H groups in total. The average Bonchev–Trinajstić information content (AvgIpc) is 2.63. The van der Waals surface area contributed by atoms with E-state index in [1.165, 1.54) is 12.3 Å². The van der Waals surface area contributed by atoms with Gasteiger partial charge in [-0.15, -0.1) is 0 Å². The van der Waals surface area contributed by atoms with Gasteiger partial charge in [0.25, 0.3) is 5.91 Å². The average molecular weight is 278 g/mol. The molecule has 5 heteroatoms. The van der Waals surface area contributed by atoms with E-state index in [1.54, 1.807) is 13.0 Å². The maximum absolute atomic E-state index is 12.6. The van der Waals surface area contributed by atoms with E-state index < -0.39 is 6.10 Å². The van der Waals surface area contributed by atoms with Crippen LogP contribution in [0, 0.1) is 0 Å². The number of nitrogens with one attached hydrogen (secondary N) is 1. The number of carbonyl (C=O) groups excluding carboxylic acids is 1. The maximum Gasteiger partial charge on any atom is 0.254 e. The lowest BCUT2D eigenvalue weighted by atomic mass is 10.0. The molecule has 1 aromatic heterocycles. The van der Waals surface area contributed by atoms with Crippen LogP contribution in [0.3, 0.4) is 0 Å². The number of hydrogen-bond acceptors (Lipinski definition) is 3. The van der Waals surface area contributed by atoms with E-state index in [1.807, 2.05) is 4.90 Å². The van der Waals surface area contributed by atoms with Gasteiger partial charge >= 0.3 is 0 Å². The van der Waals surface area contributed by atoms with Crippen molar-refractivity contribution in [3.63, 3.8) is 0 Å². The molecular weight excluding hydrogens is 256 g/mol. The van der Waals surface area contributed by atoms with Gasteiger partial charge in [0, 0.05) is 30.4 Å². The van der Waals surface area contributed by atoms with Gasteiger partial charge in [0.1, 0.15) is 0 Å². The number of amides is 1. The van der Waals surface area contributed by atoms with Gasteiger partial charge in [0.15, 0.2) is 0 Å². The predicted octanol–water partition coefficient (Wildman–Crippen LogP) is 1.53. The number of aromatic nitrogens is 1. The Kier molecular flexibility index (Phi) is 4.95. The number of pyridine rings is 1. The summed E-state index contributed by atoms with van der Waals surface area (Å²) in [5, 5.41) is 9.62. The molecule has 0 spiro atoms. The van der Waals surface area contributed by atoms with E-state index in [0.29, 0.717) is 18.5 Å². The third kappa shape index (κ3) is 3.70. The van der Waals surface area contributed by atoms with E-state index >= 15 is 0 Å². The minimum atomic E-state index is -0.424. The van der Waals surface area contributed by atoms with E-state index in [4.69, 9.17) is 0 Å². The Balaban J connectivity index is 2.21. The molecule has 0 saturated carbocycles. The highest BCUT2D eigenvalue weighted by molar-refractivity contribution is 5.94. The highest BCUT2D eigenvalue weighted by Gasteiger charge is 2.27. The van der Waals surface area contributed by atoms with Crippen LogP contribution in [0.4, 0.5) is 0 Å². The van der Waals surface area contributed by atoms with Crippen molar-refractivity contribution in [3.05, 3.63) is 34.2 Å². The van der Waals surface area contributed by atoms with Crippen LogP contribution in [0.1, 0.15) is 49.4 Å². The number of aliphatic hydroxyl groups is 1. The van der Waals surface area contributed by atoms with Crippen molar-refractivity contribution in [1.29, 1.82) is 0 Å². The van der Waals surface area contributed by atoms with Crippen molar-refractivity contribution in [2.24, 2.45) is 0 Å². The largest absolute Gasteiger partial charge is 0.393 e. The summed E-state index contributed by atoms with van der Waals surface area (Å²) < 4.78 is 0. The Hall–Kier alpha value is -1.62. The summed E-state index contributed by atoms with van der Waals surface area (Å²) in [6.45, 7) is 2.45. The van der Waals surface area contributed by atoms with Gasteiger partial charge in [-0.3, -0.25) is 9.59 Å². The third-order valence-electron chi connectivity index (χ3n) is 3.77. The van der Waals surface area contributed by atoms with E-state index in [0.717, 1.165) is 25.7 Å². The van der Waals surface area contributed by atoms with Gasteiger partial charge in [-0.25, -0.2) is 0 Å². The fourth-order valence-electron chi connectivity index (χ4n) is 2.83. The number of rotatable bonds is 3. The Morgan fingerprint density at radius 2 is 2.30 bits per heavy atom. The van der Waals surface area contributed by atoms with Gasteiger partial charge in [0.05, 0.1) is 6.10 Å². The SMILES string of the molecule is CC(O)CC1CCCCCN1C(=O)c1cc[nH]c(=O)c1. The number of carbonyl (C=O) groups is 1. The van der Waals surface area contributed by atoms with Crippen molar-refractivity contribution in [2.45, 2.75) is 51.2 Å². The highest BCUT2D eigenvalue weighted by atomic mass is 16.3. The van der Waals surface area contributed by atoms with Gasteiger partial charge in [-0.1, -0.05) is 12.8 Å². The summed E-state index contributed by atoms with van der Waals surface area (Å²) in [7, 11) is 0. The molecule has 0 aromatic carbocycles. The van der Waals surface area contributed by atoms with Crippen molar-refractivity contribution in [2.75, 3.05) is 6.54 Å². The van der Waals surface area contributed by atoms with Crippen LogP contribution in [0.15, 0.2) is 23.1 Å². The fourth-order valence-corrected chi connectivity index (χ4v) is 2.83. The molecule has 20 heavy (non-hydrogen) atoms. The van der Waals surface area contributed by atoms with Crippen LogP contribution < -0.4 is 5.56 Å². The van der Waals surface area contributed by atoms with Gasteiger partial charge < -0.3 is 15.0 Å². The minimum absolute atomic E-state index is 0.0595. The van der Waals surface area contributed by atoms with Gasteiger partial charge in [-0.05, 0) is 32.3 Å². The molecule has 1 aliphatic rings. The molecule has 5 nitrogen and oxygen atoms in total. The first-order chi connectivity index (χ1) is 9.58. The summed E-state index contributed by atoms with van der Waals surface area (Å²) in [4.78, 5) is 28.3. The van der Waals surface area contributed by atoms with Gasteiger partial charge in [0.2, 0.25) is 5.56 Å².